The molecule has 148 valence electrons. The molecule has 2 aromatic rings. The highest BCUT2D eigenvalue weighted by Gasteiger charge is 2.27. The van der Waals surface area contributed by atoms with Crippen molar-refractivity contribution >= 4 is 11.8 Å². The van der Waals surface area contributed by atoms with Gasteiger partial charge in [0.05, 0.1) is 19.3 Å². The van der Waals surface area contributed by atoms with Gasteiger partial charge in [-0.2, -0.15) is 0 Å². The van der Waals surface area contributed by atoms with Gasteiger partial charge in [-0.05, 0) is 37.1 Å². The van der Waals surface area contributed by atoms with Crippen LogP contribution in [-0.4, -0.2) is 48.5 Å². The van der Waals surface area contributed by atoms with E-state index in [9.17, 15) is 9.59 Å². The van der Waals surface area contributed by atoms with E-state index in [1.807, 2.05) is 30.3 Å². The van der Waals surface area contributed by atoms with Gasteiger partial charge in [0.25, 0.3) is 5.91 Å². The summed E-state index contributed by atoms with van der Waals surface area (Å²) < 4.78 is 10.8. The molecule has 1 aromatic carbocycles. The van der Waals surface area contributed by atoms with Crippen LogP contribution in [0.3, 0.4) is 0 Å². The zero-order chi connectivity index (χ0) is 19.8. The monoisotopic (exact) mass is 383 g/mol. The summed E-state index contributed by atoms with van der Waals surface area (Å²) in [6, 6.07) is 12.8. The number of piperidine rings is 1. The topological polar surface area (TPSA) is 80.8 Å². The van der Waals surface area contributed by atoms with Crippen LogP contribution in [0.15, 0.2) is 48.7 Å². The van der Waals surface area contributed by atoms with E-state index >= 15 is 0 Å². The van der Waals surface area contributed by atoms with Gasteiger partial charge in [-0.1, -0.05) is 18.2 Å². The summed E-state index contributed by atoms with van der Waals surface area (Å²) in [4.78, 5) is 30.7. The van der Waals surface area contributed by atoms with Crippen LogP contribution in [0, 0.1) is 5.92 Å². The first-order valence-electron chi connectivity index (χ1n) is 9.38. The summed E-state index contributed by atoms with van der Waals surface area (Å²) >= 11 is 0. The van der Waals surface area contributed by atoms with Crippen molar-refractivity contribution in [3.8, 4) is 11.5 Å². The molecule has 2 heterocycles. The minimum absolute atomic E-state index is 0.0167. The first kappa shape index (κ1) is 19.7. The molecule has 0 radical (unpaired) electrons. The van der Waals surface area contributed by atoms with Gasteiger partial charge in [-0.3, -0.25) is 14.6 Å². The smallest absolute Gasteiger partial charge is 0.260 e. The van der Waals surface area contributed by atoms with Crippen molar-refractivity contribution in [1.29, 1.82) is 0 Å². The van der Waals surface area contributed by atoms with Gasteiger partial charge in [-0.25, -0.2) is 0 Å². The lowest BCUT2D eigenvalue weighted by Crippen LogP contribution is -2.44. The van der Waals surface area contributed by atoms with Crippen LogP contribution >= 0.6 is 0 Å². The summed E-state index contributed by atoms with van der Waals surface area (Å²) in [7, 11) is 1.56. The lowest BCUT2D eigenvalue weighted by atomic mass is 9.96. The Hall–Kier alpha value is -3.09. The molecule has 1 saturated heterocycles. The standard InChI is InChI=1S/C21H25N3O4/c1-27-18-7-2-3-8-19(18)28-15-20(25)24-12-9-16(10-13-24)21(26)23-14-17-6-4-5-11-22-17/h2-8,11,16H,9-10,12-15H2,1H3,(H,23,26). The molecule has 3 rings (SSSR count). The Bertz CT molecular complexity index is 789. The van der Waals surface area contributed by atoms with Crippen molar-refractivity contribution in [2.45, 2.75) is 19.4 Å². The van der Waals surface area contributed by atoms with Gasteiger partial charge in [0.15, 0.2) is 18.1 Å². The second-order valence-electron chi connectivity index (χ2n) is 6.63. The zero-order valence-corrected chi connectivity index (χ0v) is 16.0. The van der Waals surface area contributed by atoms with Crippen LogP contribution in [-0.2, 0) is 16.1 Å². The molecule has 0 atom stereocenters. The molecule has 0 bridgehead atoms. The molecule has 1 N–H and O–H groups in total. The largest absolute Gasteiger partial charge is 0.493 e. The number of hydrogen-bond donors (Lipinski definition) is 1. The molecular formula is C21H25N3O4. The quantitative estimate of drug-likeness (QED) is 0.791. The molecule has 1 aliphatic heterocycles. The predicted octanol–water partition coefficient (Wildman–Crippen LogP) is 2.02. The Morgan fingerprint density at radius 1 is 1.11 bits per heavy atom. The van der Waals surface area contributed by atoms with E-state index in [1.54, 1.807) is 30.3 Å². The highest BCUT2D eigenvalue weighted by molar-refractivity contribution is 5.80. The molecule has 28 heavy (non-hydrogen) atoms. The number of benzene rings is 1. The summed E-state index contributed by atoms with van der Waals surface area (Å²) in [5.41, 5.74) is 0.831. The summed E-state index contributed by atoms with van der Waals surface area (Å²) in [6.45, 7) is 1.48. The van der Waals surface area contributed by atoms with E-state index in [4.69, 9.17) is 9.47 Å². The number of nitrogens with one attached hydrogen (secondary N) is 1. The maximum absolute atomic E-state index is 12.4. The summed E-state index contributed by atoms with van der Waals surface area (Å²) in [6.07, 6.45) is 3.00. The molecule has 1 aromatic heterocycles. The minimum Gasteiger partial charge on any atom is -0.493 e. The number of nitrogens with zero attached hydrogens (tertiary/aromatic N) is 2. The highest BCUT2D eigenvalue weighted by atomic mass is 16.5. The third kappa shape index (κ3) is 5.22. The third-order valence-electron chi connectivity index (χ3n) is 4.81. The van der Waals surface area contributed by atoms with E-state index in [-0.39, 0.29) is 24.3 Å². The van der Waals surface area contributed by atoms with Crippen LogP contribution in [0.4, 0.5) is 0 Å². The van der Waals surface area contributed by atoms with Crippen molar-refractivity contribution in [2.75, 3.05) is 26.8 Å². The minimum atomic E-state index is -0.0850. The van der Waals surface area contributed by atoms with E-state index in [2.05, 4.69) is 10.3 Å². The third-order valence-corrected chi connectivity index (χ3v) is 4.81. The Morgan fingerprint density at radius 2 is 1.82 bits per heavy atom. The Balaban J connectivity index is 1.41. The van der Waals surface area contributed by atoms with E-state index in [0.717, 1.165) is 5.69 Å². The van der Waals surface area contributed by atoms with Crippen molar-refractivity contribution in [2.24, 2.45) is 5.92 Å². The average molecular weight is 383 g/mol. The normalized spacial score (nSPS) is 14.4. The Morgan fingerprint density at radius 3 is 2.50 bits per heavy atom. The number of likely N-dealkylation sites (tertiary alicyclic amines) is 1. The van der Waals surface area contributed by atoms with Gasteiger partial charge >= 0.3 is 0 Å². The van der Waals surface area contributed by atoms with Gasteiger partial charge < -0.3 is 19.7 Å². The highest BCUT2D eigenvalue weighted by Crippen LogP contribution is 2.26. The molecule has 2 amide bonds. The molecule has 0 saturated carbocycles. The summed E-state index contributed by atoms with van der Waals surface area (Å²) in [5, 5.41) is 2.93. The fourth-order valence-corrected chi connectivity index (χ4v) is 3.18. The number of carbonyl (C=O) groups excluding carboxylic acids is 2. The van der Waals surface area contributed by atoms with E-state index in [0.29, 0.717) is 44.0 Å². The molecule has 1 fully saturated rings. The molecule has 0 unspecified atom stereocenters. The molecule has 0 spiro atoms. The van der Waals surface area contributed by atoms with Crippen LogP contribution in [0.2, 0.25) is 0 Å². The molecular weight excluding hydrogens is 358 g/mol. The number of para-hydroxylation sites is 2. The molecule has 7 nitrogen and oxygen atoms in total. The fraction of sp³-hybridized carbons (Fsp3) is 0.381. The fourth-order valence-electron chi connectivity index (χ4n) is 3.18. The lowest BCUT2D eigenvalue weighted by Gasteiger charge is -2.31. The SMILES string of the molecule is COc1ccccc1OCC(=O)N1CCC(C(=O)NCc2ccccn2)CC1. The maximum atomic E-state index is 12.4. The average Bonchev–Trinajstić information content (AvgIpc) is 2.76. The van der Waals surface area contributed by atoms with Crippen molar-refractivity contribution in [3.63, 3.8) is 0 Å². The number of hydrogen-bond acceptors (Lipinski definition) is 5. The van der Waals surface area contributed by atoms with Crippen molar-refractivity contribution in [3.05, 3.63) is 54.4 Å². The van der Waals surface area contributed by atoms with Crippen LogP contribution in [0.1, 0.15) is 18.5 Å². The number of rotatable bonds is 7. The van der Waals surface area contributed by atoms with Gasteiger partial charge in [-0.15, -0.1) is 0 Å². The van der Waals surface area contributed by atoms with Gasteiger partial charge in [0.2, 0.25) is 5.91 Å². The van der Waals surface area contributed by atoms with Crippen LogP contribution in [0.25, 0.3) is 0 Å². The number of methoxy groups -OCH3 is 1. The van der Waals surface area contributed by atoms with E-state index < -0.39 is 0 Å². The summed E-state index contributed by atoms with van der Waals surface area (Å²) in [5.74, 6) is 0.991. The number of aromatic nitrogens is 1. The second kappa shape index (κ2) is 9.73. The number of ether oxygens (including phenoxy) is 2. The Labute approximate surface area is 164 Å². The van der Waals surface area contributed by atoms with Gasteiger partial charge in [0.1, 0.15) is 0 Å². The number of amides is 2. The van der Waals surface area contributed by atoms with Crippen LogP contribution < -0.4 is 14.8 Å². The van der Waals surface area contributed by atoms with Crippen molar-refractivity contribution in [1.82, 2.24) is 15.2 Å². The molecule has 7 heteroatoms. The predicted molar refractivity (Wildman–Crippen MR) is 104 cm³/mol. The van der Waals surface area contributed by atoms with Crippen molar-refractivity contribution < 1.29 is 19.1 Å². The molecule has 0 aliphatic carbocycles. The second-order valence-corrected chi connectivity index (χ2v) is 6.63. The van der Waals surface area contributed by atoms with Gasteiger partial charge in [0, 0.05) is 25.2 Å². The van der Waals surface area contributed by atoms with Crippen LogP contribution in [0.5, 0.6) is 11.5 Å². The number of pyridine rings is 1. The first-order chi connectivity index (χ1) is 13.7. The Kier molecular flexibility index (Phi) is 6.84. The number of carbonyl (C=O) groups is 2. The maximum Gasteiger partial charge on any atom is 0.260 e. The van der Waals surface area contributed by atoms with E-state index in [1.165, 1.54) is 0 Å². The zero-order valence-electron chi connectivity index (χ0n) is 16.0. The first-order valence-corrected chi connectivity index (χ1v) is 9.38. The molecule has 1 aliphatic rings. The lowest BCUT2D eigenvalue weighted by molar-refractivity contribution is -0.137.